The number of nitrogens with one attached hydrogen (secondary N) is 1. The van der Waals surface area contributed by atoms with E-state index >= 15 is 0 Å². The lowest BCUT2D eigenvalue weighted by atomic mass is 9.95. The van der Waals surface area contributed by atoms with Crippen LogP contribution in [0.1, 0.15) is 24.0 Å². The lowest BCUT2D eigenvalue weighted by molar-refractivity contribution is -0.130. The van der Waals surface area contributed by atoms with Crippen LogP contribution in [0, 0.1) is 12.8 Å². The van der Waals surface area contributed by atoms with Gasteiger partial charge in [0.25, 0.3) is 0 Å². The molecule has 3 rings (SSSR count). The number of aryl methyl sites for hydroxylation is 1. The Balaban J connectivity index is 1.55. The fourth-order valence-electron chi connectivity index (χ4n) is 3.55. The van der Waals surface area contributed by atoms with Gasteiger partial charge in [0.05, 0.1) is 14.2 Å². The molecule has 6 heteroatoms. The van der Waals surface area contributed by atoms with Crippen LogP contribution >= 0.6 is 0 Å². The summed E-state index contributed by atoms with van der Waals surface area (Å²) in [5, 5.41) is 3.00. The first kappa shape index (κ1) is 21.4. The van der Waals surface area contributed by atoms with Crippen molar-refractivity contribution in [2.24, 2.45) is 5.92 Å². The summed E-state index contributed by atoms with van der Waals surface area (Å²) in [5.41, 5.74) is 2.60. The van der Waals surface area contributed by atoms with Crippen molar-refractivity contribution in [1.82, 2.24) is 4.90 Å². The minimum atomic E-state index is -0.125. The molecule has 0 unspecified atom stereocenters. The largest absolute Gasteiger partial charge is 0.493 e. The Bertz CT molecular complexity index is 916. The normalized spacial score (nSPS) is 14.6. The second kappa shape index (κ2) is 9.96. The van der Waals surface area contributed by atoms with Crippen molar-refractivity contribution in [2.75, 3.05) is 32.6 Å². The zero-order valence-electron chi connectivity index (χ0n) is 17.7. The molecule has 1 aliphatic heterocycles. The summed E-state index contributed by atoms with van der Waals surface area (Å²) in [6.45, 7) is 3.06. The topological polar surface area (TPSA) is 67.9 Å². The third kappa shape index (κ3) is 5.20. The quantitative estimate of drug-likeness (QED) is 0.736. The van der Waals surface area contributed by atoms with Crippen molar-refractivity contribution < 1.29 is 19.1 Å². The maximum atomic E-state index is 12.8. The molecule has 0 bridgehead atoms. The minimum absolute atomic E-state index is 0.0200. The summed E-state index contributed by atoms with van der Waals surface area (Å²) in [7, 11) is 3.15. The molecule has 0 radical (unpaired) electrons. The van der Waals surface area contributed by atoms with Crippen molar-refractivity contribution in [3.05, 3.63) is 59.7 Å². The van der Waals surface area contributed by atoms with E-state index < -0.39 is 0 Å². The van der Waals surface area contributed by atoms with Gasteiger partial charge in [-0.25, -0.2) is 0 Å². The highest BCUT2D eigenvalue weighted by molar-refractivity contribution is 5.94. The lowest BCUT2D eigenvalue weighted by Crippen LogP contribution is -2.40. The summed E-state index contributed by atoms with van der Waals surface area (Å²) < 4.78 is 10.6. The number of ether oxygens (including phenoxy) is 2. The van der Waals surface area contributed by atoms with Gasteiger partial charge in [0.1, 0.15) is 0 Å². The number of amides is 2. The number of hydrogen-bond donors (Lipinski definition) is 1. The van der Waals surface area contributed by atoms with Crippen LogP contribution in [0.4, 0.5) is 5.69 Å². The van der Waals surface area contributed by atoms with E-state index in [-0.39, 0.29) is 17.7 Å². The van der Waals surface area contributed by atoms with Gasteiger partial charge in [-0.2, -0.15) is 0 Å². The first-order chi connectivity index (χ1) is 14.5. The van der Waals surface area contributed by atoms with Gasteiger partial charge < -0.3 is 19.7 Å². The van der Waals surface area contributed by atoms with E-state index in [0.29, 0.717) is 43.1 Å². The number of carbonyl (C=O) groups excluding carboxylic acids is 2. The molecule has 0 saturated carbocycles. The lowest BCUT2D eigenvalue weighted by Gasteiger charge is -2.30. The molecule has 1 heterocycles. The van der Waals surface area contributed by atoms with Crippen molar-refractivity contribution in [3.8, 4) is 11.5 Å². The van der Waals surface area contributed by atoms with E-state index in [4.69, 9.17) is 9.47 Å². The Morgan fingerprint density at radius 2 is 1.67 bits per heavy atom. The van der Waals surface area contributed by atoms with Crippen LogP contribution in [0.5, 0.6) is 11.5 Å². The molecule has 2 amide bonds. The highest BCUT2D eigenvalue weighted by Gasteiger charge is 2.27. The predicted molar refractivity (Wildman–Crippen MR) is 118 cm³/mol. The maximum absolute atomic E-state index is 12.8. The van der Waals surface area contributed by atoms with Crippen molar-refractivity contribution in [3.63, 3.8) is 0 Å². The van der Waals surface area contributed by atoms with Crippen LogP contribution in [0.3, 0.4) is 0 Å². The highest BCUT2D eigenvalue weighted by Crippen LogP contribution is 2.33. The third-order valence-electron chi connectivity index (χ3n) is 5.38. The first-order valence-electron chi connectivity index (χ1n) is 10.1. The van der Waals surface area contributed by atoms with Gasteiger partial charge in [0.2, 0.25) is 11.8 Å². The minimum Gasteiger partial charge on any atom is -0.493 e. The third-order valence-corrected chi connectivity index (χ3v) is 5.38. The molecular weight excluding hydrogens is 380 g/mol. The Labute approximate surface area is 177 Å². The summed E-state index contributed by atoms with van der Waals surface area (Å²) in [6, 6.07) is 13.3. The second-order valence-corrected chi connectivity index (χ2v) is 7.35. The molecule has 2 aromatic rings. The molecule has 0 aliphatic carbocycles. The molecule has 2 aromatic carbocycles. The molecule has 0 aromatic heterocycles. The predicted octanol–water partition coefficient (Wildman–Crippen LogP) is 3.90. The van der Waals surface area contributed by atoms with Gasteiger partial charge in [-0.1, -0.05) is 30.3 Å². The Morgan fingerprint density at radius 3 is 2.30 bits per heavy atom. The summed E-state index contributed by atoms with van der Waals surface area (Å²) >= 11 is 0. The maximum Gasteiger partial charge on any atom is 0.246 e. The molecule has 158 valence electrons. The number of carbonyl (C=O) groups is 2. The summed E-state index contributed by atoms with van der Waals surface area (Å²) in [4.78, 5) is 27.0. The zero-order chi connectivity index (χ0) is 21.5. The number of likely N-dealkylation sites (tertiary alicyclic amines) is 1. The SMILES string of the molecule is COc1cc(C)c(NC(=O)C2CCN(C(=O)C=Cc3ccccc3)CC2)cc1OC. The van der Waals surface area contributed by atoms with Crippen molar-refractivity contribution in [1.29, 1.82) is 0 Å². The molecule has 1 N–H and O–H groups in total. The molecule has 0 spiro atoms. The van der Waals surface area contributed by atoms with E-state index in [1.807, 2.05) is 49.4 Å². The van der Waals surface area contributed by atoms with E-state index in [0.717, 1.165) is 11.1 Å². The molecular formula is C24H28N2O4. The number of nitrogens with zero attached hydrogens (tertiary/aromatic N) is 1. The van der Waals surface area contributed by atoms with Crippen molar-refractivity contribution >= 4 is 23.6 Å². The summed E-state index contributed by atoms with van der Waals surface area (Å²) in [6.07, 6.45) is 4.70. The highest BCUT2D eigenvalue weighted by atomic mass is 16.5. The Kier molecular flexibility index (Phi) is 7.12. The van der Waals surface area contributed by atoms with E-state index in [2.05, 4.69) is 5.32 Å². The number of piperidine rings is 1. The molecule has 1 aliphatic rings. The van der Waals surface area contributed by atoms with Gasteiger partial charge in [-0.05, 0) is 43.0 Å². The second-order valence-electron chi connectivity index (χ2n) is 7.35. The fourth-order valence-corrected chi connectivity index (χ4v) is 3.55. The van der Waals surface area contributed by atoms with Crippen LogP contribution in [0.2, 0.25) is 0 Å². The number of hydrogen-bond acceptors (Lipinski definition) is 4. The molecule has 1 fully saturated rings. The Hall–Kier alpha value is -3.28. The molecule has 0 atom stereocenters. The first-order valence-corrected chi connectivity index (χ1v) is 10.1. The van der Waals surface area contributed by atoms with Crippen molar-refractivity contribution in [2.45, 2.75) is 19.8 Å². The number of rotatable bonds is 6. The molecule has 30 heavy (non-hydrogen) atoms. The Morgan fingerprint density at radius 1 is 1.03 bits per heavy atom. The smallest absolute Gasteiger partial charge is 0.246 e. The van der Waals surface area contributed by atoms with Crippen LogP contribution in [0.25, 0.3) is 6.08 Å². The average Bonchev–Trinajstić information content (AvgIpc) is 2.79. The fraction of sp³-hybridized carbons (Fsp3) is 0.333. The number of benzene rings is 2. The van der Waals surface area contributed by atoms with E-state index in [1.54, 1.807) is 31.3 Å². The van der Waals surface area contributed by atoms with Crippen LogP contribution in [-0.4, -0.2) is 44.0 Å². The number of methoxy groups -OCH3 is 2. The van der Waals surface area contributed by atoms with Crippen LogP contribution < -0.4 is 14.8 Å². The van der Waals surface area contributed by atoms with Gasteiger partial charge >= 0.3 is 0 Å². The van der Waals surface area contributed by atoms with Crippen LogP contribution in [0.15, 0.2) is 48.5 Å². The zero-order valence-corrected chi connectivity index (χ0v) is 17.7. The van der Waals surface area contributed by atoms with Gasteiger partial charge in [0, 0.05) is 36.8 Å². The molecule has 1 saturated heterocycles. The van der Waals surface area contributed by atoms with Gasteiger partial charge in [-0.15, -0.1) is 0 Å². The van der Waals surface area contributed by atoms with E-state index in [1.165, 1.54) is 0 Å². The van der Waals surface area contributed by atoms with Gasteiger partial charge in [0.15, 0.2) is 11.5 Å². The standard InChI is InChI=1S/C24H28N2O4/c1-17-15-21(29-2)22(30-3)16-20(17)25-24(28)19-11-13-26(14-12-19)23(27)10-9-18-7-5-4-6-8-18/h4-10,15-16,19H,11-14H2,1-3H3,(H,25,28). The molecule has 6 nitrogen and oxygen atoms in total. The number of anilines is 1. The van der Waals surface area contributed by atoms with Gasteiger partial charge in [-0.3, -0.25) is 9.59 Å². The average molecular weight is 408 g/mol. The monoisotopic (exact) mass is 408 g/mol. The summed E-state index contributed by atoms with van der Waals surface area (Å²) in [5.74, 6) is 1.03. The van der Waals surface area contributed by atoms with Crippen LogP contribution in [-0.2, 0) is 9.59 Å². The van der Waals surface area contributed by atoms with E-state index in [9.17, 15) is 9.59 Å².